The van der Waals surface area contributed by atoms with E-state index in [-0.39, 0.29) is 0 Å². The third-order valence-corrected chi connectivity index (χ3v) is 5.39. The number of para-hydroxylation sites is 1. The van der Waals surface area contributed by atoms with Crippen molar-refractivity contribution in [1.29, 1.82) is 0 Å². The van der Waals surface area contributed by atoms with Crippen molar-refractivity contribution >= 4 is 28.4 Å². The van der Waals surface area contributed by atoms with Crippen LogP contribution in [0.25, 0.3) is 16.5 Å². The van der Waals surface area contributed by atoms with Crippen LogP contribution < -0.4 is 0 Å². The summed E-state index contributed by atoms with van der Waals surface area (Å²) in [5, 5.41) is 1.01. The van der Waals surface area contributed by atoms with Crippen molar-refractivity contribution in [3.63, 3.8) is 0 Å². The number of aromatic nitrogens is 1. The van der Waals surface area contributed by atoms with Crippen LogP contribution in [0.15, 0.2) is 67.4 Å². The van der Waals surface area contributed by atoms with Crippen LogP contribution in [0, 0.1) is 5.41 Å². The lowest BCUT2D eigenvalue weighted by Crippen LogP contribution is -2.46. The molecule has 0 spiro atoms. The maximum Gasteiger partial charge on any atom is 0.330 e. The number of carbonyl (C=O) groups is 2. The second-order valence-corrected chi connectivity index (χ2v) is 6.54. The van der Waals surface area contributed by atoms with Crippen LogP contribution in [0.5, 0.6) is 0 Å². The number of carbonyl (C=O) groups excluding carboxylic acids is 2. The van der Waals surface area contributed by atoms with Crippen LogP contribution in [0.4, 0.5) is 0 Å². The molecule has 1 aliphatic carbocycles. The van der Waals surface area contributed by atoms with Crippen molar-refractivity contribution in [3.8, 4) is 0 Å². The zero-order chi connectivity index (χ0) is 19.2. The van der Waals surface area contributed by atoms with Gasteiger partial charge in [0, 0.05) is 11.7 Å². The predicted molar refractivity (Wildman–Crippen MR) is 102 cm³/mol. The summed E-state index contributed by atoms with van der Waals surface area (Å²) in [5.74, 6) is -1.36. The number of benzene rings is 2. The van der Waals surface area contributed by atoms with Gasteiger partial charge >= 0.3 is 11.9 Å². The van der Waals surface area contributed by atoms with Gasteiger partial charge in [-0.05, 0) is 34.2 Å². The van der Waals surface area contributed by atoms with E-state index in [0.717, 1.165) is 22.0 Å². The van der Waals surface area contributed by atoms with Crippen LogP contribution in [-0.2, 0) is 19.1 Å². The molecule has 5 nitrogen and oxygen atoms in total. The Kier molecular flexibility index (Phi) is 3.88. The Balaban J connectivity index is 2.09. The average molecular weight is 361 g/mol. The smallest absolute Gasteiger partial charge is 0.330 e. The number of nitrogens with zero attached hydrogens (tertiary/aromatic N) is 1. The Morgan fingerprint density at radius 2 is 1.59 bits per heavy atom. The van der Waals surface area contributed by atoms with Gasteiger partial charge in [-0.1, -0.05) is 49.0 Å². The Morgan fingerprint density at radius 1 is 0.963 bits per heavy atom. The fourth-order valence-electron chi connectivity index (χ4n) is 4.18. The average Bonchev–Trinajstić information content (AvgIpc) is 3.24. The molecule has 1 heterocycles. The highest BCUT2D eigenvalue weighted by Crippen LogP contribution is 2.56. The number of fused-ring (bicyclic) bond motifs is 2. The van der Waals surface area contributed by atoms with Gasteiger partial charge in [0.25, 0.3) is 0 Å². The Hall–Kier alpha value is -3.34. The molecule has 0 aliphatic heterocycles. The van der Waals surface area contributed by atoms with E-state index in [1.165, 1.54) is 14.2 Å². The molecule has 0 radical (unpaired) electrons. The summed E-state index contributed by atoms with van der Waals surface area (Å²) in [6, 6.07) is 16.6. The number of ether oxygens (including phenoxy) is 2. The number of rotatable bonds is 3. The molecule has 136 valence electrons. The fourth-order valence-corrected chi connectivity index (χ4v) is 4.18. The van der Waals surface area contributed by atoms with E-state index in [1.54, 1.807) is 0 Å². The van der Waals surface area contributed by atoms with E-state index in [1.807, 2.05) is 65.4 Å². The molecule has 0 saturated heterocycles. The van der Waals surface area contributed by atoms with Gasteiger partial charge in [-0.15, -0.1) is 0 Å². The van der Waals surface area contributed by atoms with Crippen molar-refractivity contribution in [2.45, 2.75) is 6.04 Å². The van der Waals surface area contributed by atoms with E-state index < -0.39 is 23.4 Å². The monoisotopic (exact) mass is 361 g/mol. The highest BCUT2D eigenvalue weighted by molar-refractivity contribution is 6.15. The molecule has 1 aliphatic rings. The van der Waals surface area contributed by atoms with Crippen molar-refractivity contribution in [2.24, 2.45) is 5.41 Å². The van der Waals surface area contributed by atoms with Gasteiger partial charge in [-0.3, -0.25) is 9.59 Å². The molecule has 0 N–H and O–H groups in total. The molecule has 1 atom stereocenters. The zero-order valence-corrected chi connectivity index (χ0v) is 15.1. The van der Waals surface area contributed by atoms with Gasteiger partial charge in [-0.2, -0.15) is 0 Å². The SMILES string of the molecule is C=C1c2ccccc2C(n2ccc3ccccc32)C1(C(=O)OC)C(=O)OC. The maximum atomic E-state index is 13.1. The normalized spacial score (nSPS) is 17.6. The predicted octanol–water partition coefficient (Wildman–Crippen LogP) is 3.59. The van der Waals surface area contributed by atoms with Crippen molar-refractivity contribution < 1.29 is 19.1 Å². The van der Waals surface area contributed by atoms with Gasteiger partial charge < -0.3 is 14.0 Å². The largest absolute Gasteiger partial charge is 0.468 e. The lowest BCUT2D eigenvalue weighted by molar-refractivity contribution is -0.165. The first-order valence-corrected chi connectivity index (χ1v) is 8.58. The topological polar surface area (TPSA) is 57.5 Å². The van der Waals surface area contributed by atoms with Crippen LogP contribution >= 0.6 is 0 Å². The molecule has 5 heteroatoms. The van der Waals surface area contributed by atoms with Gasteiger partial charge in [0.05, 0.1) is 20.3 Å². The van der Waals surface area contributed by atoms with Gasteiger partial charge in [-0.25, -0.2) is 0 Å². The zero-order valence-electron chi connectivity index (χ0n) is 15.1. The quantitative estimate of drug-likeness (QED) is 0.528. The standard InChI is InChI=1S/C22H19NO4/c1-14-16-9-5-6-10-17(16)19(22(14,20(24)26-2)21(25)27-3)23-13-12-15-8-4-7-11-18(15)23/h4-13,19H,1H2,2-3H3. The molecule has 2 aromatic carbocycles. The fraction of sp³-hybridized carbons (Fsp3) is 0.182. The molecule has 0 fully saturated rings. The van der Waals surface area contributed by atoms with Crippen LogP contribution in [0.1, 0.15) is 17.2 Å². The molecule has 0 bridgehead atoms. The van der Waals surface area contributed by atoms with Crippen LogP contribution in [-0.4, -0.2) is 30.7 Å². The van der Waals surface area contributed by atoms with Crippen molar-refractivity contribution in [2.75, 3.05) is 14.2 Å². The minimum absolute atomic E-state index is 0.389. The molecule has 4 rings (SSSR count). The molecule has 0 amide bonds. The van der Waals surface area contributed by atoms with E-state index in [4.69, 9.17) is 9.47 Å². The highest BCUT2D eigenvalue weighted by atomic mass is 16.5. The molecule has 1 unspecified atom stereocenters. The minimum Gasteiger partial charge on any atom is -0.468 e. The third-order valence-electron chi connectivity index (χ3n) is 5.39. The second kappa shape index (κ2) is 6.13. The van der Waals surface area contributed by atoms with E-state index in [2.05, 4.69) is 6.58 Å². The summed E-state index contributed by atoms with van der Waals surface area (Å²) < 4.78 is 12.1. The molecule has 27 heavy (non-hydrogen) atoms. The first kappa shape index (κ1) is 17.1. The minimum atomic E-state index is -1.69. The molecular formula is C22H19NO4. The first-order valence-electron chi connectivity index (χ1n) is 8.58. The maximum absolute atomic E-state index is 13.1. The van der Waals surface area contributed by atoms with Gasteiger partial charge in [0.15, 0.2) is 0 Å². The van der Waals surface area contributed by atoms with Crippen molar-refractivity contribution in [1.82, 2.24) is 4.57 Å². The lowest BCUT2D eigenvalue weighted by atomic mass is 9.77. The summed E-state index contributed by atoms with van der Waals surface area (Å²) in [6.07, 6.45) is 1.88. The summed E-state index contributed by atoms with van der Waals surface area (Å²) in [5.41, 5.74) is 1.20. The molecule has 3 aromatic rings. The summed E-state index contributed by atoms with van der Waals surface area (Å²) in [6.45, 7) is 4.11. The number of hydrogen-bond acceptors (Lipinski definition) is 4. The Bertz CT molecular complexity index is 1060. The lowest BCUT2D eigenvalue weighted by Gasteiger charge is -2.32. The van der Waals surface area contributed by atoms with Gasteiger partial charge in [0.1, 0.15) is 0 Å². The van der Waals surface area contributed by atoms with Crippen LogP contribution in [0.2, 0.25) is 0 Å². The molecule has 0 saturated carbocycles. The van der Waals surface area contributed by atoms with E-state index in [0.29, 0.717) is 5.57 Å². The Labute approximate surface area is 156 Å². The van der Waals surface area contributed by atoms with Crippen molar-refractivity contribution in [3.05, 3.63) is 78.5 Å². The highest BCUT2D eigenvalue weighted by Gasteiger charge is 2.63. The first-order chi connectivity index (χ1) is 13.1. The third kappa shape index (κ3) is 2.11. The molecular weight excluding hydrogens is 342 g/mol. The number of esters is 2. The summed E-state index contributed by atoms with van der Waals surface area (Å²) in [4.78, 5) is 26.1. The van der Waals surface area contributed by atoms with Gasteiger partial charge in [0.2, 0.25) is 5.41 Å². The number of methoxy groups -OCH3 is 2. The van der Waals surface area contributed by atoms with E-state index >= 15 is 0 Å². The van der Waals surface area contributed by atoms with E-state index in [9.17, 15) is 9.59 Å². The number of hydrogen-bond donors (Lipinski definition) is 0. The summed E-state index contributed by atoms with van der Waals surface area (Å²) >= 11 is 0. The second-order valence-electron chi connectivity index (χ2n) is 6.54. The molecule has 1 aromatic heterocycles. The van der Waals surface area contributed by atoms with Crippen LogP contribution in [0.3, 0.4) is 0 Å². The Morgan fingerprint density at radius 3 is 2.30 bits per heavy atom. The summed E-state index contributed by atoms with van der Waals surface area (Å²) in [7, 11) is 2.54.